The monoisotopic (exact) mass is 312 g/mol. The van der Waals surface area contributed by atoms with E-state index in [4.69, 9.17) is 0 Å². The van der Waals surface area contributed by atoms with Crippen molar-refractivity contribution >= 4 is 11.8 Å². The normalized spacial score (nSPS) is 19.0. The van der Waals surface area contributed by atoms with Crippen molar-refractivity contribution < 1.29 is 9.59 Å². The number of likely N-dealkylation sites (tertiary alicyclic amines) is 1. The largest absolute Gasteiger partial charge is 0.349 e. The molecule has 0 radical (unpaired) electrons. The highest BCUT2D eigenvalue weighted by Gasteiger charge is 2.32. The molecule has 2 aromatic rings. The molecule has 0 saturated carbocycles. The number of carbonyl (C=O) groups excluding carboxylic acids is 2. The van der Waals surface area contributed by atoms with E-state index in [-0.39, 0.29) is 23.8 Å². The predicted octanol–water partition coefficient (Wildman–Crippen LogP) is 1.53. The Hall–Kier alpha value is -2.63. The van der Waals surface area contributed by atoms with E-state index in [1.54, 1.807) is 24.5 Å². The van der Waals surface area contributed by atoms with E-state index < -0.39 is 0 Å². The Bertz CT molecular complexity index is 711. The molecular formula is C17H20N4O2. The van der Waals surface area contributed by atoms with Crippen LogP contribution in [0.4, 0.5) is 0 Å². The molecule has 0 bridgehead atoms. The fourth-order valence-electron chi connectivity index (χ4n) is 2.82. The van der Waals surface area contributed by atoms with Crippen molar-refractivity contribution in [3.8, 4) is 5.69 Å². The maximum atomic E-state index is 12.3. The molecule has 1 fully saturated rings. The molecule has 2 atom stereocenters. The van der Waals surface area contributed by atoms with Crippen LogP contribution in [0.15, 0.2) is 43.0 Å². The van der Waals surface area contributed by atoms with Crippen LogP contribution >= 0.6 is 0 Å². The minimum Gasteiger partial charge on any atom is -0.349 e. The van der Waals surface area contributed by atoms with E-state index in [2.05, 4.69) is 10.3 Å². The van der Waals surface area contributed by atoms with E-state index >= 15 is 0 Å². The molecule has 6 nitrogen and oxygen atoms in total. The third-order valence-electron chi connectivity index (χ3n) is 4.24. The Kier molecular flexibility index (Phi) is 4.14. The van der Waals surface area contributed by atoms with Crippen molar-refractivity contribution in [2.45, 2.75) is 19.4 Å². The summed E-state index contributed by atoms with van der Waals surface area (Å²) < 4.78 is 1.92. The summed E-state index contributed by atoms with van der Waals surface area (Å²) in [5.41, 5.74) is 2.01. The first-order valence-electron chi connectivity index (χ1n) is 7.67. The summed E-state index contributed by atoms with van der Waals surface area (Å²) >= 11 is 0. The standard InChI is InChI=1S/C17H20N4O2/c1-12(19-17(23)14-9-16(22)20(2)10-14)13-4-3-5-15(8-13)21-7-6-18-11-21/h3-8,11-12,14H,9-10H2,1-2H3,(H,19,23)/t12-,14+/m1/s1. The average molecular weight is 312 g/mol. The average Bonchev–Trinajstić information content (AvgIpc) is 3.18. The van der Waals surface area contributed by atoms with Gasteiger partial charge in [-0.05, 0) is 24.6 Å². The number of hydrogen-bond acceptors (Lipinski definition) is 3. The number of benzene rings is 1. The van der Waals surface area contributed by atoms with Crippen molar-refractivity contribution in [2.24, 2.45) is 5.92 Å². The Morgan fingerprint density at radius 3 is 2.91 bits per heavy atom. The molecule has 1 aliphatic rings. The maximum absolute atomic E-state index is 12.3. The quantitative estimate of drug-likeness (QED) is 0.931. The molecule has 0 aliphatic carbocycles. The lowest BCUT2D eigenvalue weighted by Crippen LogP contribution is -2.34. The number of aromatic nitrogens is 2. The Morgan fingerprint density at radius 2 is 2.26 bits per heavy atom. The van der Waals surface area contributed by atoms with Gasteiger partial charge in [-0.3, -0.25) is 9.59 Å². The number of nitrogens with one attached hydrogen (secondary N) is 1. The molecule has 1 aromatic heterocycles. The second-order valence-electron chi connectivity index (χ2n) is 5.97. The third kappa shape index (κ3) is 3.26. The fourth-order valence-corrected chi connectivity index (χ4v) is 2.82. The SMILES string of the molecule is C[C@@H](NC(=O)[C@H]1CC(=O)N(C)C1)c1cccc(-n2ccnc2)c1. The van der Waals surface area contributed by atoms with Crippen LogP contribution in [0.1, 0.15) is 24.9 Å². The second kappa shape index (κ2) is 6.24. The topological polar surface area (TPSA) is 67.2 Å². The van der Waals surface area contributed by atoms with Crippen LogP contribution in [0, 0.1) is 5.92 Å². The molecule has 0 unspecified atom stereocenters. The van der Waals surface area contributed by atoms with Gasteiger partial charge in [0.15, 0.2) is 0 Å². The Morgan fingerprint density at radius 1 is 1.43 bits per heavy atom. The number of hydrogen-bond donors (Lipinski definition) is 1. The lowest BCUT2D eigenvalue weighted by Gasteiger charge is -2.18. The third-order valence-corrected chi connectivity index (χ3v) is 4.24. The van der Waals surface area contributed by atoms with E-state index in [9.17, 15) is 9.59 Å². The fraction of sp³-hybridized carbons (Fsp3) is 0.353. The van der Waals surface area contributed by atoms with Crippen LogP contribution in [-0.2, 0) is 9.59 Å². The second-order valence-corrected chi connectivity index (χ2v) is 5.97. The number of imidazole rings is 1. The smallest absolute Gasteiger partial charge is 0.225 e. The summed E-state index contributed by atoms with van der Waals surface area (Å²) in [5.74, 6) is -0.296. The van der Waals surface area contributed by atoms with Gasteiger partial charge in [-0.1, -0.05) is 12.1 Å². The number of rotatable bonds is 4. The molecule has 1 saturated heterocycles. The van der Waals surface area contributed by atoms with Gasteiger partial charge >= 0.3 is 0 Å². The Labute approximate surface area is 135 Å². The van der Waals surface area contributed by atoms with Crippen LogP contribution in [0.25, 0.3) is 5.69 Å². The molecule has 0 spiro atoms. The zero-order valence-corrected chi connectivity index (χ0v) is 13.3. The maximum Gasteiger partial charge on any atom is 0.225 e. The number of nitrogens with zero attached hydrogens (tertiary/aromatic N) is 3. The van der Waals surface area contributed by atoms with Crippen LogP contribution < -0.4 is 5.32 Å². The van der Waals surface area contributed by atoms with Crippen molar-refractivity contribution in [2.75, 3.05) is 13.6 Å². The molecule has 2 heterocycles. The summed E-state index contributed by atoms with van der Waals surface area (Å²) in [7, 11) is 1.73. The summed E-state index contributed by atoms with van der Waals surface area (Å²) in [6.45, 7) is 2.44. The van der Waals surface area contributed by atoms with E-state index in [1.807, 2.05) is 42.0 Å². The van der Waals surface area contributed by atoms with Gasteiger partial charge in [0.2, 0.25) is 11.8 Å². The molecule has 2 amide bonds. The number of carbonyl (C=O) groups is 2. The molecule has 1 N–H and O–H groups in total. The van der Waals surface area contributed by atoms with Crippen LogP contribution in [0.5, 0.6) is 0 Å². The van der Waals surface area contributed by atoms with Gasteiger partial charge in [-0.2, -0.15) is 0 Å². The predicted molar refractivity (Wildman–Crippen MR) is 85.9 cm³/mol. The summed E-state index contributed by atoms with van der Waals surface area (Å²) in [4.78, 5) is 29.5. The zero-order valence-electron chi connectivity index (χ0n) is 13.3. The Balaban J connectivity index is 1.69. The van der Waals surface area contributed by atoms with Gasteiger partial charge < -0.3 is 14.8 Å². The van der Waals surface area contributed by atoms with E-state index in [0.717, 1.165) is 11.3 Å². The van der Waals surface area contributed by atoms with Crippen molar-refractivity contribution in [3.63, 3.8) is 0 Å². The highest BCUT2D eigenvalue weighted by atomic mass is 16.2. The van der Waals surface area contributed by atoms with Crippen molar-refractivity contribution in [1.29, 1.82) is 0 Å². The molecular weight excluding hydrogens is 292 g/mol. The molecule has 3 rings (SSSR count). The van der Waals surface area contributed by atoms with Crippen LogP contribution in [-0.4, -0.2) is 39.9 Å². The highest BCUT2D eigenvalue weighted by Crippen LogP contribution is 2.20. The molecule has 6 heteroatoms. The highest BCUT2D eigenvalue weighted by molar-refractivity contribution is 5.89. The van der Waals surface area contributed by atoms with Gasteiger partial charge in [0.25, 0.3) is 0 Å². The van der Waals surface area contributed by atoms with E-state index in [1.165, 1.54) is 0 Å². The summed E-state index contributed by atoms with van der Waals surface area (Å²) in [6, 6.07) is 7.84. The van der Waals surface area contributed by atoms with Gasteiger partial charge in [0, 0.05) is 38.1 Å². The molecule has 1 aliphatic heterocycles. The van der Waals surface area contributed by atoms with Gasteiger partial charge in [-0.15, -0.1) is 0 Å². The van der Waals surface area contributed by atoms with Crippen LogP contribution in [0.2, 0.25) is 0 Å². The minimum atomic E-state index is -0.258. The zero-order chi connectivity index (χ0) is 16.4. The number of amides is 2. The summed E-state index contributed by atoms with van der Waals surface area (Å²) in [6.07, 6.45) is 5.64. The van der Waals surface area contributed by atoms with E-state index in [0.29, 0.717) is 13.0 Å². The van der Waals surface area contributed by atoms with Gasteiger partial charge in [0.05, 0.1) is 18.3 Å². The summed E-state index contributed by atoms with van der Waals surface area (Å²) in [5, 5.41) is 3.01. The minimum absolute atomic E-state index is 0.0277. The first-order chi connectivity index (χ1) is 11.0. The van der Waals surface area contributed by atoms with Crippen molar-refractivity contribution in [1.82, 2.24) is 19.8 Å². The van der Waals surface area contributed by atoms with Crippen molar-refractivity contribution in [3.05, 3.63) is 48.5 Å². The first kappa shape index (κ1) is 15.3. The lowest BCUT2D eigenvalue weighted by molar-refractivity contribution is -0.128. The molecule has 23 heavy (non-hydrogen) atoms. The molecule has 120 valence electrons. The van der Waals surface area contributed by atoms with Gasteiger partial charge in [-0.25, -0.2) is 4.98 Å². The lowest BCUT2D eigenvalue weighted by atomic mass is 10.0. The van der Waals surface area contributed by atoms with Crippen LogP contribution in [0.3, 0.4) is 0 Å². The first-order valence-corrected chi connectivity index (χ1v) is 7.67. The van der Waals surface area contributed by atoms with Gasteiger partial charge in [0.1, 0.15) is 0 Å². The molecule has 1 aromatic carbocycles.